The van der Waals surface area contributed by atoms with E-state index in [1.54, 1.807) is 24.3 Å². The minimum atomic E-state index is -0.0322. The fourth-order valence-electron chi connectivity index (χ4n) is 7.03. The molecule has 8 heteroatoms. The molecule has 9 aromatic rings. The topological polar surface area (TPSA) is 131 Å². The monoisotopic (exact) mass is 746 g/mol. The Morgan fingerprint density at radius 2 is 0.589 bits per heavy atom. The fraction of sp³-hybridized carbons (Fsp3) is 0.208. The largest absolute Gasteiger partial charge is 0.358 e. The highest BCUT2D eigenvalue weighted by Crippen LogP contribution is 2.25. The summed E-state index contributed by atoms with van der Waals surface area (Å²) < 4.78 is 0. The molecule has 4 heterocycles. The molecule has 56 heavy (non-hydrogen) atoms. The number of pyridine rings is 4. The molecule has 0 fully saturated rings. The van der Waals surface area contributed by atoms with Crippen LogP contribution in [0.2, 0.25) is 0 Å². The van der Waals surface area contributed by atoms with Crippen LogP contribution in [0.15, 0.2) is 128 Å². The Bertz CT molecular complexity index is 2850. The number of benzene rings is 5. The van der Waals surface area contributed by atoms with Crippen molar-refractivity contribution in [2.75, 3.05) is 0 Å². The zero-order valence-corrected chi connectivity index (χ0v) is 33.4. The highest BCUT2D eigenvalue weighted by Gasteiger charge is 2.23. The first-order chi connectivity index (χ1) is 27.4. The van der Waals surface area contributed by atoms with E-state index in [0.717, 1.165) is 44.6 Å². The van der Waals surface area contributed by atoms with Gasteiger partial charge >= 0.3 is 0 Å². The Balaban J connectivity index is 0.000000182. The first-order valence-corrected chi connectivity index (χ1v) is 19.7. The van der Waals surface area contributed by atoms with Crippen LogP contribution in [0.5, 0.6) is 0 Å². The molecule has 0 bridgehead atoms. The number of rotatable bonds is 0. The molecule has 0 unspecified atom stereocenters. The molecule has 1 aliphatic carbocycles. The fourth-order valence-corrected chi connectivity index (χ4v) is 7.03. The Morgan fingerprint density at radius 3 is 0.911 bits per heavy atom. The zero-order chi connectivity index (χ0) is 40.5. The molecule has 1 aliphatic rings. The van der Waals surface area contributed by atoms with Crippen LogP contribution in [-0.4, -0.2) is 19.9 Å². The predicted molar refractivity (Wildman–Crippen MR) is 238 cm³/mol. The number of hydrogen-bond donors (Lipinski definition) is 4. The molecule has 4 aromatic heterocycles. The lowest BCUT2D eigenvalue weighted by Crippen LogP contribution is -2.25. The standard InChI is InChI=1S/C20H14N2O2.C20H12N2O2.4C2H6/c2*23-19-11-5-1-3-7-15(11)21-17-10-14-18(9-13(17)19)22-16-8-4-2-6-12(16)20(14)24;4*1-2/h1-8H,9-10H2,(H,21,23)(H,22,24);1-10H,(H,21,23)(H,22,24);4*1-2H3. The summed E-state index contributed by atoms with van der Waals surface area (Å²) in [5.41, 5.74) is 7.79. The molecule has 4 N–H and O–H groups in total. The number of aromatic amines is 4. The molecule has 0 aliphatic heterocycles. The quantitative estimate of drug-likeness (QED) is 0.115. The molecule has 10 rings (SSSR count). The van der Waals surface area contributed by atoms with Crippen molar-refractivity contribution in [3.05, 3.63) is 173 Å². The molecular formula is C48H50N4O4. The van der Waals surface area contributed by atoms with E-state index in [0.29, 0.717) is 56.2 Å². The molecular weight excluding hydrogens is 697 g/mol. The molecule has 0 atom stereocenters. The Morgan fingerprint density at radius 1 is 0.321 bits per heavy atom. The number of para-hydroxylation sites is 4. The summed E-state index contributed by atoms with van der Waals surface area (Å²) in [5, 5.41) is 3.84. The Labute approximate surface area is 325 Å². The van der Waals surface area contributed by atoms with Crippen LogP contribution in [-0.2, 0) is 12.8 Å². The van der Waals surface area contributed by atoms with Crippen molar-refractivity contribution in [3.8, 4) is 0 Å². The van der Waals surface area contributed by atoms with Crippen LogP contribution < -0.4 is 21.7 Å². The van der Waals surface area contributed by atoms with E-state index in [4.69, 9.17) is 0 Å². The molecule has 5 aromatic carbocycles. The van der Waals surface area contributed by atoms with Gasteiger partial charge in [-0.3, -0.25) is 19.2 Å². The van der Waals surface area contributed by atoms with Crippen molar-refractivity contribution in [1.29, 1.82) is 0 Å². The van der Waals surface area contributed by atoms with E-state index in [1.807, 2.05) is 140 Å². The first-order valence-electron chi connectivity index (χ1n) is 19.7. The lowest BCUT2D eigenvalue weighted by Gasteiger charge is -2.20. The van der Waals surface area contributed by atoms with Gasteiger partial charge in [0.1, 0.15) is 0 Å². The van der Waals surface area contributed by atoms with Crippen LogP contribution in [0.25, 0.3) is 65.4 Å². The van der Waals surface area contributed by atoms with Gasteiger partial charge in [0.05, 0.1) is 11.0 Å². The van der Waals surface area contributed by atoms with E-state index in [9.17, 15) is 19.2 Å². The summed E-state index contributed by atoms with van der Waals surface area (Å²) in [6, 6.07) is 33.4. The van der Waals surface area contributed by atoms with Crippen molar-refractivity contribution in [2.45, 2.75) is 68.2 Å². The third-order valence-electron chi connectivity index (χ3n) is 9.43. The van der Waals surface area contributed by atoms with Crippen molar-refractivity contribution in [3.63, 3.8) is 0 Å². The molecule has 0 spiro atoms. The van der Waals surface area contributed by atoms with Crippen LogP contribution in [0.4, 0.5) is 0 Å². The molecule has 8 nitrogen and oxygen atoms in total. The van der Waals surface area contributed by atoms with E-state index in [-0.39, 0.29) is 21.7 Å². The number of fused-ring (bicyclic) bond motifs is 8. The van der Waals surface area contributed by atoms with Crippen molar-refractivity contribution < 1.29 is 0 Å². The third-order valence-corrected chi connectivity index (χ3v) is 9.43. The van der Waals surface area contributed by atoms with Gasteiger partial charge in [0.2, 0.25) is 0 Å². The Hall–Kier alpha value is -6.54. The molecule has 0 saturated carbocycles. The summed E-state index contributed by atoms with van der Waals surface area (Å²) in [6.07, 6.45) is 0.926. The minimum absolute atomic E-state index is 0.0322. The second-order valence-electron chi connectivity index (χ2n) is 12.2. The number of aromatic nitrogens is 4. The lowest BCUT2D eigenvalue weighted by molar-refractivity contribution is 0.905. The van der Waals surface area contributed by atoms with Gasteiger partial charge in [0.25, 0.3) is 0 Å². The van der Waals surface area contributed by atoms with Crippen LogP contribution >= 0.6 is 0 Å². The summed E-state index contributed by atoms with van der Waals surface area (Å²) in [5.74, 6) is 0. The van der Waals surface area contributed by atoms with E-state index in [1.165, 1.54) is 0 Å². The summed E-state index contributed by atoms with van der Waals surface area (Å²) in [6.45, 7) is 16.0. The summed E-state index contributed by atoms with van der Waals surface area (Å²) in [4.78, 5) is 64.4. The van der Waals surface area contributed by atoms with Gasteiger partial charge < -0.3 is 19.9 Å². The maximum atomic E-state index is 12.8. The SMILES string of the molecule is CC.CC.CC.CC.O=c1c2c([nH]c3ccccc13)Cc1c([nH]c3ccccc3c1=O)C2.O=c1c2ccccc2[nH]c2cc3c(=O)c4ccccc4[nH]c3cc12. The lowest BCUT2D eigenvalue weighted by atomic mass is 9.90. The van der Waals surface area contributed by atoms with Gasteiger partial charge in [0.15, 0.2) is 21.7 Å². The predicted octanol–water partition coefficient (Wildman–Crippen LogP) is 10.6. The smallest absolute Gasteiger partial charge is 0.197 e. The average molecular weight is 747 g/mol. The van der Waals surface area contributed by atoms with Crippen LogP contribution in [0.1, 0.15) is 77.9 Å². The molecule has 0 saturated heterocycles. The van der Waals surface area contributed by atoms with Crippen molar-refractivity contribution >= 4 is 65.4 Å². The average Bonchev–Trinajstić information content (AvgIpc) is 3.27. The summed E-state index contributed by atoms with van der Waals surface area (Å²) in [7, 11) is 0. The highest BCUT2D eigenvalue weighted by atomic mass is 16.1. The highest BCUT2D eigenvalue weighted by molar-refractivity contribution is 6.02. The number of H-pyrrole nitrogens is 4. The van der Waals surface area contributed by atoms with Gasteiger partial charge in [-0.2, -0.15) is 0 Å². The van der Waals surface area contributed by atoms with Crippen molar-refractivity contribution in [2.24, 2.45) is 0 Å². The normalized spacial score (nSPS) is 11.0. The van der Waals surface area contributed by atoms with Gasteiger partial charge in [0, 0.05) is 89.7 Å². The third kappa shape index (κ3) is 7.43. The number of nitrogens with one attached hydrogen (secondary N) is 4. The molecule has 0 radical (unpaired) electrons. The van der Waals surface area contributed by atoms with Gasteiger partial charge in [-0.15, -0.1) is 0 Å². The van der Waals surface area contributed by atoms with E-state index < -0.39 is 0 Å². The zero-order valence-electron chi connectivity index (χ0n) is 33.4. The summed E-state index contributed by atoms with van der Waals surface area (Å²) >= 11 is 0. The van der Waals surface area contributed by atoms with Crippen molar-refractivity contribution in [1.82, 2.24) is 19.9 Å². The van der Waals surface area contributed by atoms with E-state index >= 15 is 0 Å². The van der Waals surface area contributed by atoms with Crippen LogP contribution in [0, 0.1) is 0 Å². The first kappa shape index (κ1) is 40.6. The number of hydrogen-bond acceptors (Lipinski definition) is 4. The van der Waals surface area contributed by atoms with Crippen LogP contribution in [0.3, 0.4) is 0 Å². The van der Waals surface area contributed by atoms with Gasteiger partial charge in [-0.1, -0.05) is 104 Å². The molecule has 0 amide bonds. The van der Waals surface area contributed by atoms with E-state index in [2.05, 4.69) is 19.9 Å². The second-order valence-corrected chi connectivity index (χ2v) is 12.2. The second kappa shape index (κ2) is 18.2. The minimum Gasteiger partial charge on any atom is -0.358 e. The van der Waals surface area contributed by atoms with Gasteiger partial charge in [-0.05, 0) is 60.7 Å². The molecule has 286 valence electrons. The van der Waals surface area contributed by atoms with Gasteiger partial charge in [-0.25, -0.2) is 0 Å². The maximum Gasteiger partial charge on any atom is 0.197 e. The Kier molecular flexibility index (Phi) is 13.2. The maximum absolute atomic E-state index is 12.8.